The Hall–Kier alpha value is -2.10. The van der Waals surface area contributed by atoms with E-state index in [4.69, 9.17) is 9.47 Å². The van der Waals surface area contributed by atoms with Gasteiger partial charge in [0.2, 0.25) is 0 Å². The van der Waals surface area contributed by atoms with E-state index in [2.05, 4.69) is 0 Å². The van der Waals surface area contributed by atoms with Crippen molar-refractivity contribution in [3.8, 4) is 11.5 Å². The second-order valence-corrected chi connectivity index (χ2v) is 3.72. The lowest BCUT2D eigenvalue weighted by Gasteiger charge is -2.07. The lowest BCUT2D eigenvalue weighted by atomic mass is 10.2. The molecule has 2 aromatic rings. The third-order valence-corrected chi connectivity index (χ3v) is 2.43. The summed E-state index contributed by atoms with van der Waals surface area (Å²) >= 11 is 0. The number of halogens is 2. The Morgan fingerprint density at radius 2 is 1.78 bits per heavy atom. The first-order valence-corrected chi connectivity index (χ1v) is 5.40. The van der Waals surface area contributed by atoms with Gasteiger partial charge in [-0.05, 0) is 29.8 Å². The summed E-state index contributed by atoms with van der Waals surface area (Å²) < 4.78 is 36.1. The average Bonchev–Trinajstić information content (AvgIpc) is 2.40. The third kappa shape index (κ3) is 2.97. The summed E-state index contributed by atoms with van der Waals surface area (Å²) in [7, 11) is 1.58. The highest BCUT2D eigenvalue weighted by molar-refractivity contribution is 5.29. The van der Waals surface area contributed by atoms with Crippen LogP contribution in [0.5, 0.6) is 11.5 Å². The molecule has 2 aromatic carbocycles. The zero-order valence-corrected chi connectivity index (χ0v) is 9.82. The van der Waals surface area contributed by atoms with Crippen molar-refractivity contribution in [2.24, 2.45) is 0 Å². The zero-order valence-electron chi connectivity index (χ0n) is 9.82. The van der Waals surface area contributed by atoms with Crippen LogP contribution in [0.1, 0.15) is 5.56 Å². The minimum Gasteiger partial charge on any atom is -0.497 e. The topological polar surface area (TPSA) is 18.5 Å². The van der Waals surface area contributed by atoms with Gasteiger partial charge >= 0.3 is 0 Å². The fourth-order valence-corrected chi connectivity index (χ4v) is 1.50. The van der Waals surface area contributed by atoms with E-state index in [0.29, 0.717) is 0 Å². The van der Waals surface area contributed by atoms with Crippen LogP contribution in [-0.2, 0) is 6.61 Å². The van der Waals surface area contributed by atoms with E-state index in [1.807, 2.05) is 24.3 Å². The molecule has 0 aliphatic heterocycles. The van der Waals surface area contributed by atoms with Gasteiger partial charge in [0.25, 0.3) is 0 Å². The van der Waals surface area contributed by atoms with E-state index >= 15 is 0 Å². The van der Waals surface area contributed by atoms with Gasteiger partial charge in [-0.25, -0.2) is 8.78 Å². The molecule has 0 amide bonds. The molecule has 0 radical (unpaired) electrons. The molecule has 2 nitrogen and oxygen atoms in total. The molecule has 0 aromatic heterocycles. The Labute approximate surface area is 104 Å². The van der Waals surface area contributed by atoms with Gasteiger partial charge in [0, 0.05) is 6.07 Å². The highest BCUT2D eigenvalue weighted by atomic mass is 19.2. The van der Waals surface area contributed by atoms with E-state index in [0.717, 1.165) is 23.4 Å². The van der Waals surface area contributed by atoms with Gasteiger partial charge in [-0.15, -0.1) is 0 Å². The highest BCUT2D eigenvalue weighted by Gasteiger charge is 2.03. The van der Waals surface area contributed by atoms with Gasteiger partial charge in [0.05, 0.1) is 7.11 Å². The number of methoxy groups -OCH3 is 1. The van der Waals surface area contributed by atoms with Crippen molar-refractivity contribution in [3.05, 3.63) is 59.7 Å². The summed E-state index contributed by atoms with van der Waals surface area (Å²) in [4.78, 5) is 0. The van der Waals surface area contributed by atoms with E-state index in [1.165, 1.54) is 6.07 Å². The number of hydrogen-bond donors (Lipinski definition) is 0. The fourth-order valence-electron chi connectivity index (χ4n) is 1.50. The van der Waals surface area contributed by atoms with Crippen LogP contribution < -0.4 is 9.47 Å². The quantitative estimate of drug-likeness (QED) is 0.826. The standard InChI is InChI=1S/C14H12F2O2/c1-17-11-4-2-3-10(7-11)9-18-12-5-6-13(15)14(16)8-12/h2-8H,9H2,1H3. The smallest absolute Gasteiger partial charge is 0.162 e. The van der Waals surface area contributed by atoms with Gasteiger partial charge in [-0.2, -0.15) is 0 Å². The van der Waals surface area contributed by atoms with Gasteiger partial charge in [0.15, 0.2) is 11.6 Å². The summed E-state index contributed by atoms with van der Waals surface area (Å²) in [6.45, 7) is 0.266. The third-order valence-electron chi connectivity index (χ3n) is 2.43. The summed E-state index contributed by atoms with van der Waals surface area (Å²) in [5.74, 6) is -0.792. The van der Waals surface area contributed by atoms with Crippen molar-refractivity contribution >= 4 is 0 Å². The molecule has 18 heavy (non-hydrogen) atoms. The molecule has 0 spiro atoms. The first kappa shape index (κ1) is 12.4. The van der Waals surface area contributed by atoms with Crippen LogP contribution in [0, 0.1) is 11.6 Å². The fraction of sp³-hybridized carbons (Fsp3) is 0.143. The lowest BCUT2D eigenvalue weighted by molar-refractivity contribution is 0.302. The van der Waals surface area contributed by atoms with Crippen molar-refractivity contribution in [2.75, 3.05) is 7.11 Å². The molecule has 94 valence electrons. The van der Waals surface area contributed by atoms with Crippen LogP contribution in [0.3, 0.4) is 0 Å². The van der Waals surface area contributed by atoms with E-state index in [-0.39, 0.29) is 12.4 Å². The monoisotopic (exact) mass is 250 g/mol. The van der Waals surface area contributed by atoms with Gasteiger partial charge in [0.1, 0.15) is 18.1 Å². The molecule has 0 saturated carbocycles. The van der Waals surface area contributed by atoms with Crippen molar-refractivity contribution in [1.82, 2.24) is 0 Å². The van der Waals surface area contributed by atoms with Crippen LogP contribution in [0.25, 0.3) is 0 Å². The lowest BCUT2D eigenvalue weighted by Crippen LogP contribution is -1.97. The Kier molecular flexibility index (Phi) is 3.77. The largest absolute Gasteiger partial charge is 0.497 e. The summed E-state index contributed by atoms with van der Waals surface area (Å²) in [6.07, 6.45) is 0. The Bertz CT molecular complexity index is 541. The number of rotatable bonds is 4. The van der Waals surface area contributed by atoms with Crippen LogP contribution in [0.2, 0.25) is 0 Å². The van der Waals surface area contributed by atoms with Crippen molar-refractivity contribution in [1.29, 1.82) is 0 Å². The second kappa shape index (κ2) is 5.49. The number of ether oxygens (including phenoxy) is 2. The minimum atomic E-state index is -0.918. The predicted octanol–water partition coefficient (Wildman–Crippen LogP) is 3.55. The van der Waals surface area contributed by atoms with Crippen LogP contribution in [0.4, 0.5) is 8.78 Å². The van der Waals surface area contributed by atoms with Crippen molar-refractivity contribution in [2.45, 2.75) is 6.61 Å². The molecule has 0 saturated heterocycles. The molecule has 0 N–H and O–H groups in total. The number of benzene rings is 2. The van der Waals surface area contributed by atoms with Crippen LogP contribution in [-0.4, -0.2) is 7.11 Å². The predicted molar refractivity (Wildman–Crippen MR) is 63.7 cm³/mol. The molecule has 0 aliphatic rings. The first-order chi connectivity index (χ1) is 8.69. The Balaban J connectivity index is 2.04. The maximum atomic E-state index is 12.9. The molecule has 0 bridgehead atoms. The van der Waals surface area contributed by atoms with Gasteiger partial charge in [-0.1, -0.05) is 12.1 Å². The first-order valence-electron chi connectivity index (χ1n) is 5.40. The maximum absolute atomic E-state index is 12.9. The summed E-state index contributed by atoms with van der Waals surface area (Å²) in [5, 5.41) is 0. The zero-order chi connectivity index (χ0) is 13.0. The SMILES string of the molecule is COc1cccc(COc2ccc(F)c(F)c2)c1. The van der Waals surface area contributed by atoms with Gasteiger partial charge in [-0.3, -0.25) is 0 Å². The molecule has 0 unspecified atom stereocenters. The van der Waals surface area contributed by atoms with Crippen LogP contribution >= 0.6 is 0 Å². The van der Waals surface area contributed by atoms with E-state index in [1.54, 1.807) is 7.11 Å². The Morgan fingerprint density at radius 3 is 2.50 bits per heavy atom. The van der Waals surface area contributed by atoms with Gasteiger partial charge < -0.3 is 9.47 Å². The normalized spacial score (nSPS) is 10.2. The molecule has 0 aliphatic carbocycles. The van der Waals surface area contributed by atoms with E-state index < -0.39 is 11.6 Å². The minimum absolute atomic E-state index is 0.266. The van der Waals surface area contributed by atoms with Crippen molar-refractivity contribution in [3.63, 3.8) is 0 Å². The molecular weight excluding hydrogens is 238 g/mol. The van der Waals surface area contributed by atoms with Crippen molar-refractivity contribution < 1.29 is 18.3 Å². The molecule has 0 fully saturated rings. The maximum Gasteiger partial charge on any atom is 0.162 e. The van der Waals surface area contributed by atoms with Crippen LogP contribution in [0.15, 0.2) is 42.5 Å². The second-order valence-electron chi connectivity index (χ2n) is 3.72. The highest BCUT2D eigenvalue weighted by Crippen LogP contribution is 2.18. The number of hydrogen-bond acceptors (Lipinski definition) is 2. The summed E-state index contributed by atoms with van der Waals surface area (Å²) in [5.41, 5.74) is 0.888. The van der Waals surface area contributed by atoms with E-state index in [9.17, 15) is 8.78 Å². The molecular formula is C14H12F2O2. The summed E-state index contributed by atoms with van der Waals surface area (Å²) in [6, 6.07) is 10.8. The average molecular weight is 250 g/mol. The molecule has 2 rings (SSSR count). The molecule has 4 heteroatoms. The molecule has 0 heterocycles. The Morgan fingerprint density at radius 1 is 0.944 bits per heavy atom. The molecule has 0 atom stereocenters.